The van der Waals surface area contributed by atoms with Crippen LogP contribution in [0.25, 0.3) is 0 Å². The molecule has 0 aromatic heterocycles. The molecule has 0 N–H and O–H groups in total. The zero-order valence-corrected chi connectivity index (χ0v) is 10.0. The van der Waals surface area contributed by atoms with E-state index in [2.05, 4.69) is 27.7 Å². The van der Waals surface area contributed by atoms with E-state index in [1.54, 1.807) is 0 Å². The molecule has 1 saturated heterocycles. The van der Waals surface area contributed by atoms with Crippen molar-refractivity contribution in [1.29, 1.82) is 0 Å². The van der Waals surface area contributed by atoms with E-state index < -0.39 is 5.41 Å². The Balaban J connectivity index is 2.85. The molecule has 0 bridgehead atoms. The zero-order chi connectivity index (χ0) is 11.6. The van der Waals surface area contributed by atoms with E-state index in [0.717, 1.165) is 12.8 Å². The van der Waals surface area contributed by atoms with Crippen molar-refractivity contribution < 1.29 is 14.3 Å². The Bertz CT molecular complexity index is 256. The predicted octanol–water partition coefficient (Wildman–Crippen LogP) is 2.54. The van der Waals surface area contributed by atoms with Crippen molar-refractivity contribution in [2.24, 2.45) is 17.3 Å². The van der Waals surface area contributed by atoms with Gasteiger partial charge in [0.1, 0.15) is 0 Å². The fourth-order valence-electron chi connectivity index (χ4n) is 2.55. The van der Waals surface area contributed by atoms with Crippen LogP contribution in [-0.4, -0.2) is 11.9 Å². The lowest BCUT2D eigenvalue weighted by Gasteiger charge is -2.27. The second-order valence-corrected chi connectivity index (χ2v) is 5.41. The number of esters is 2. The highest BCUT2D eigenvalue weighted by molar-refractivity contribution is 5.97. The van der Waals surface area contributed by atoms with Gasteiger partial charge in [-0.1, -0.05) is 27.7 Å². The number of hydrogen-bond acceptors (Lipinski definition) is 3. The maximum atomic E-state index is 11.7. The Hall–Kier alpha value is -0.860. The first-order valence-electron chi connectivity index (χ1n) is 5.61. The van der Waals surface area contributed by atoms with Gasteiger partial charge in [0.15, 0.2) is 0 Å². The Kier molecular flexibility index (Phi) is 3.53. The van der Waals surface area contributed by atoms with Crippen LogP contribution in [0.15, 0.2) is 0 Å². The molecule has 1 fully saturated rings. The van der Waals surface area contributed by atoms with Crippen LogP contribution in [0.4, 0.5) is 0 Å². The van der Waals surface area contributed by atoms with Gasteiger partial charge in [0.25, 0.3) is 0 Å². The summed E-state index contributed by atoms with van der Waals surface area (Å²) in [5, 5.41) is 0. The summed E-state index contributed by atoms with van der Waals surface area (Å²) in [5.41, 5.74) is -0.542. The van der Waals surface area contributed by atoms with E-state index in [4.69, 9.17) is 4.74 Å². The molecule has 0 amide bonds. The molecule has 86 valence electrons. The van der Waals surface area contributed by atoms with Gasteiger partial charge < -0.3 is 4.74 Å². The lowest BCUT2D eigenvalue weighted by atomic mass is 9.73. The fourth-order valence-corrected chi connectivity index (χ4v) is 2.55. The van der Waals surface area contributed by atoms with E-state index in [-0.39, 0.29) is 18.4 Å². The minimum absolute atomic E-state index is 0.266. The summed E-state index contributed by atoms with van der Waals surface area (Å²) in [6, 6.07) is 0. The average Bonchev–Trinajstić information content (AvgIpc) is 2.22. The minimum Gasteiger partial charge on any atom is -0.393 e. The first-order chi connectivity index (χ1) is 6.85. The van der Waals surface area contributed by atoms with Crippen molar-refractivity contribution in [3.63, 3.8) is 0 Å². The smallest absolute Gasteiger partial charge is 0.320 e. The number of ether oxygens (including phenoxy) is 1. The third-order valence-corrected chi connectivity index (χ3v) is 2.72. The average molecular weight is 212 g/mol. The van der Waals surface area contributed by atoms with Gasteiger partial charge in [0.05, 0.1) is 11.8 Å². The molecule has 0 unspecified atom stereocenters. The Morgan fingerprint density at radius 3 is 1.87 bits per heavy atom. The molecule has 0 saturated carbocycles. The largest absolute Gasteiger partial charge is 0.393 e. The van der Waals surface area contributed by atoms with Crippen LogP contribution >= 0.6 is 0 Å². The summed E-state index contributed by atoms with van der Waals surface area (Å²) in [6.07, 6.45) is 1.76. The Morgan fingerprint density at radius 2 is 1.60 bits per heavy atom. The number of hydrogen-bond donors (Lipinski definition) is 0. The standard InChI is InChI=1S/C12H20O3/c1-8(2)5-12(6-9(3)4)7-10(13)15-11(12)14/h8-9H,5-7H2,1-4H3. The molecule has 1 aliphatic heterocycles. The molecular weight excluding hydrogens is 192 g/mol. The highest BCUT2D eigenvalue weighted by atomic mass is 16.6. The van der Waals surface area contributed by atoms with Gasteiger partial charge in [0.2, 0.25) is 0 Å². The second kappa shape index (κ2) is 4.33. The monoisotopic (exact) mass is 212 g/mol. The normalized spacial score (nSPS) is 20.1. The molecule has 1 heterocycles. The Labute approximate surface area is 91.2 Å². The van der Waals surface area contributed by atoms with Gasteiger partial charge in [0, 0.05) is 0 Å². The van der Waals surface area contributed by atoms with Crippen molar-refractivity contribution in [1.82, 2.24) is 0 Å². The van der Waals surface area contributed by atoms with Crippen molar-refractivity contribution >= 4 is 11.9 Å². The van der Waals surface area contributed by atoms with Crippen molar-refractivity contribution in [2.45, 2.75) is 47.0 Å². The highest BCUT2D eigenvalue weighted by Crippen LogP contribution is 2.42. The quantitative estimate of drug-likeness (QED) is 0.531. The topological polar surface area (TPSA) is 43.4 Å². The van der Waals surface area contributed by atoms with Crippen LogP contribution in [0.1, 0.15) is 47.0 Å². The van der Waals surface area contributed by atoms with Crippen LogP contribution in [0, 0.1) is 17.3 Å². The lowest BCUT2D eigenvalue weighted by molar-refractivity contribution is -0.156. The molecule has 0 radical (unpaired) electrons. The summed E-state index contributed by atoms with van der Waals surface area (Å²) < 4.78 is 4.70. The molecule has 1 rings (SSSR count). The van der Waals surface area contributed by atoms with E-state index >= 15 is 0 Å². The van der Waals surface area contributed by atoms with Crippen LogP contribution in [0.2, 0.25) is 0 Å². The van der Waals surface area contributed by atoms with Crippen LogP contribution in [-0.2, 0) is 14.3 Å². The maximum Gasteiger partial charge on any atom is 0.320 e. The molecule has 15 heavy (non-hydrogen) atoms. The summed E-state index contributed by atoms with van der Waals surface area (Å²) in [4.78, 5) is 22.9. The summed E-state index contributed by atoms with van der Waals surface area (Å²) in [7, 11) is 0. The van der Waals surface area contributed by atoms with E-state index in [1.807, 2.05) is 0 Å². The molecule has 0 atom stereocenters. The van der Waals surface area contributed by atoms with E-state index in [1.165, 1.54) is 0 Å². The molecular formula is C12H20O3. The summed E-state index contributed by atoms with van der Waals surface area (Å²) in [5.74, 6) is 0.139. The van der Waals surface area contributed by atoms with Crippen molar-refractivity contribution in [2.75, 3.05) is 0 Å². The minimum atomic E-state index is -0.542. The van der Waals surface area contributed by atoms with Crippen LogP contribution in [0.3, 0.4) is 0 Å². The molecule has 3 heteroatoms. The lowest BCUT2D eigenvalue weighted by Crippen LogP contribution is -2.30. The van der Waals surface area contributed by atoms with Gasteiger partial charge in [-0.05, 0) is 24.7 Å². The first kappa shape index (κ1) is 12.2. The third-order valence-electron chi connectivity index (χ3n) is 2.72. The SMILES string of the molecule is CC(C)CC1(CC(C)C)CC(=O)OC1=O. The van der Waals surface area contributed by atoms with Gasteiger partial charge in [-0.3, -0.25) is 9.59 Å². The highest BCUT2D eigenvalue weighted by Gasteiger charge is 2.49. The van der Waals surface area contributed by atoms with Crippen LogP contribution < -0.4 is 0 Å². The van der Waals surface area contributed by atoms with E-state index in [0.29, 0.717) is 11.8 Å². The zero-order valence-electron chi connectivity index (χ0n) is 10.0. The molecule has 0 spiro atoms. The van der Waals surface area contributed by atoms with Gasteiger partial charge in [-0.25, -0.2) is 0 Å². The first-order valence-corrected chi connectivity index (χ1v) is 5.61. The van der Waals surface area contributed by atoms with Crippen molar-refractivity contribution in [3.8, 4) is 0 Å². The number of carbonyl (C=O) groups excluding carboxylic acids is 2. The molecule has 0 aromatic rings. The maximum absolute atomic E-state index is 11.7. The summed E-state index contributed by atoms with van der Waals surface area (Å²) >= 11 is 0. The number of cyclic esters (lactones) is 2. The molecule has 1 aliphatic rings. The molecule has 0 aliphatic carbocycles. The second-order valence-electron chi connectivity index (χ2n) is 5.41. The van der Waals surface area contributed by atoms with Gasteiger partial charge >= 0.3 is 11.9 Å². The predicted molar refractivity (Wildman–Crippen MR) is 57.1 cm³/mol. The third kappa shape index (κ3) is 2.80. The van der Waals surface area contributed by atoms with Crippen molar-refractivity contribution in [3.05, 3.63) is 0 Å². The molecule has 0 aromatic carbocycles. The van der Waals surface area contributed by atoms with Gasteiger partial charge in [-0.15, -0.1) is 0 Å². The van der Waals surface area contributed by atoms with Crippen LogP contribution in [0.5, 0.6) is 0 Å². The van der Waals surface area contributed by atoms with E-state index in [9.17, 15) is 9.59 Å². The Morgan fingerprint density at radius 1 is 1.13 bits per heavy atom. The number of carbonyl (C=O) groups is 2. The molecule has 3 nitrogen and oxygen atoms in total. The fraction of sp³-hybridized carbons (Fsp3) is 0.833. The number of rotatable bonds is 4. The summed E-state index contributed by atoms with van der Waals surface area (Å²) in [6.45, 7) is 8.27. The van der Waals surface area contributed by atoms with Gasteiger partial charge in [-0.2, -0.15) is 0 Å².